The van der Waals surface area contributed by atoms with E-state index in [-0.39, 0.29) is 12.0 Å². The van der Waals surface area contributed by atoms with Gasteiger partial charge in [-0.15, -0.1) is 0 Å². The summed E-state index contributed by atoms with van der Waals surface area (Å²) in [5, 5.41) is 11.2. The van der Waals surface area contributed by atoms with Gasteiger partial charge in [-0.3, -0.25) is 4.98 Å². The van der Waals surface area contributed by atoms with E-state index < -0.39 is 6.09 Å². The van der Waals surface area contributed by atoms with Crippen LogP contribution in [0.15, 0.2) is 30.5 Å². The van der Waals surface area contributed by atoms with E-state index in [0.717, 1.165) is 33.9 Å². The lowest BCUT2D eigenvalue weighted by Crippen LogP contribution is -2.33. The molecule has 1 aliphatic heterocycles. The molecule has 2 heterocycles. The zero-order chi connectivity index (χ0) is 18.7. The van der Waals surface area contributed by atoms with Crippen molar-refractivity contribution in [3.8, 4) is 22.6 Å². The fourth-order valence-electron chi connectivity index (χ4n) is 3.22. The highest BCUT2D eigenvalue weighted by Gasteiger charge is 2.19. The minimum atomic E-state index is -0.997. The molecule has 1 amide bonds. The Kier molecular flexibility index (Phi) is 5.30. The van der Waals surface area contributed by atoms with Crippen molar-refractivity contribution in [3.05, 3.63) is 41.7 Å². The van der Waals surface area contributed by atoms with Crippen molar-refractivity contribution in [2.24, 2.45) is 5.92 Å². The third-order valence-corrected chi connectivity index (χ3v) is 4.41. The first-order valence-electron chi connectivity index (χ1n) is 8.77. The lowest BCUT2D eigenvalue weighted by Gasteiger charge is -2.22. The van der Waals surface area contributed by atoms with Crippen molar-refractivity contribution in [2.45, 2.75) is 39.8 Å². The van der Waals surface area contributed by atoms with E-state index in [9.17, 15) is 4.79 Å². The summed E-state index contributed by atoms with van der Waals surface area (Å²) in [5.74, 6) is 1.79. The lowest BCUT2D eigenvalue weighted by molar-refractivity contribution is 0.185. The molecule has 6 nitrogen and oxygen atoms in total. The molecule has 1 aliphatic rings. The molecule has 3 rings (SSSR count). The number of benzene rings is 1. The molecule has 1 aromatic carbocycles. The Bertz CT molecular complexity index is 806. The van der Waals surface area contributed by atoms with Crippen LogP contribution in [0.2, 0.25) is 0 Å². The summed E-state index contributed by atoms with van der Waals surface area (Å²) in [6.45, 7) is 6.90. The van der Waals surface area contributed by atoms with Crippen LogP contribution in [-0.2, 0) is 6.61 Å². The van der Waals surface area contributed by atoms with Crippen molar-refractivity contribution in [1.82, 2.24) is 10.3 Å². The first-order valence-corrected chi connectivity index (χ1v) is 8.77. The monoisotopic (exact) mass is 356 g/mol. The molecule has 0 radical (unpaired) electrons. The molecule has 0 bridgehead atoms. The first kappa shape index (κ1) is 18.0. The van der Waals surface area contributed by atoms with Crippen molar-refractivity contribution in [1.29, 1.82) is 0 Å². The van der Waals surface area contributed by atoms with Gasteiger partial charge in [-0.1, -0.05) is 6.92 Å². The molecule has 0 aliphatic carbocycles. The van der Waals surface area contributed by atoms with Gasteiger partial charge in [0.25, 0.3) is 0 Å². The number of nitrogens with one attached hydrogen (secondary N) is 1. The maximum absolute atomic E-state index is 10.7. The average Bonchev–Trinajstić information content (AvgIpc) is 2.58. The number of ether oxygens (including phenoxy) is 2. The van der Waals surface area contributed by atoms with Crippen LogP contribution in [0, 0.1) is 12.8 Å². The maximum Gasteiger partial charge on any atom is 0.404 e. The lowest BCUT2D eigenvalue weighted by atomic mass is 9.98. The molecule has 2 aromatic rings. The number of carbonyl (C=O) groups is 1. The zero-order valence-electron chi connectivity index (χ0n) is 15.3. The van der Waals surface area contributed by atoms with Crippen LogP contribution >= 0.6 is 0 Å². The fourth-order valence-corrected chi connectivity index (χ4v) is 3.22. The van der Waals surface area contributed by atoms with Crippen LogP contribution in [0.1, 0.15) is 31.5 Å². The summed E-state index contributed by atoms with van der Waals surface area (Å²) < 4.78 is 11.7. The quantitative estimate of drug-likeness (QED) is 0.817. The number of hydrogen-bond donors (Lipinski definition) is 2. The summed E-state index contributed by atoms with van der Waals surface area (Å²) >= 11 is 0. The second-order valence-corrected chi connectivity index (χ2v) is 6.93. The number of pyridine rings is 1. The summed E-state index contributed by atoms with van der Waals surface area (Å²) in [5.41, 5.74) is 4.28. The van der Waals surface area contributed by atoms with E-state index in [0.29, 0.717) is 19.6 Å². The SMILES string of the molecule is Cc1cc2c(cn1)COc1cc(OCC(C)CC(C)NC(=O)O)ccc1-2. The van der Waals surface area contributed by atoms with Gasteiger partial charge in [0.1, 0.15) is 18.1 Å². The summed E-state index contributed by atoms with van der Waals surface area (Å²) in [6.07, 6.45) is 1.59. The van der Waals surface area contributed by atoms with E-state index >= 15 is 0 Å². The Morgan fingerprint density at radius 1 is 1.35 bits per heavy atom. The molecule has 1 aromatic heterocycles. The zero-order valence-corrected chi connectivity index (χ0v) is 15.3. The van der Waals surface area contributed by atoms with Gasteiger partial charge in [0.2, 0.25) is 0 Å². The van der Waals surface area contributed by atoms with E-state index in [2.05, 4.69) is 16.4 Å². The van der Waals surface area contributed by atoms with Crippen LogP contribution in [0.4, 0.5) is 4.79 Å². The molecule has 2 atom stereocenters. The van der Waals surface area contributed by atoms with Crippen molar-refractivity contribution >= 4 is 6.09 Å². The van der Waals surface area contributed by atoms with Gasteiger partial charge in [-0.05, 0) is 49.9 Å². The van der Waals surface area contributed by atoms with E-state index in [1.165, 1.54) is 0 Å². The standard InChI is InChI=1S/C20H24N2O4/c1-12(6-14(3)22-20(23)24)10-25-16-4-5-17-18-7-13(2)21-9-15(18)11-26-19(17)8-16/h4-5,7-9,12,14,22H,6,10-11H2,1-3H3,(H,23,24). The van der Waals surface area contributed by atoms with Gasteiger partial charge in [0.05, 0.1) is 6.61 Å². The number of amides is 1. The molecular formula is C20H24N2O4. The summed E-state index contributed by atoms with van der Waals surface area (Å²) in [4.78, 5) is 15.0. The van der Waals surface area contributed by atoms with Gasteiger partial charge in [-0.25, -0.2) is 4.79 Å². The van der Waals surface area contributed by atoms with Crippen molar-refractivity contribution in [2.75, 3.05) is 6.61 Å². The number of carboxylic acid groups (broad SMARTS) is 1. The number of hydrogen-bond acceptors (Lipinski definition) is 4. The highest BCUT2D eigenvalue weighted by molar-refractivity contribution is 5.75. The van der Waals surface area contributed by atoms with Crippen LogP contribution < -0.4 is 14.8 Å². The normalized spacial score (nSPS) is 14.4. The average molecular weight is 356 g/mol. The molecule has 0 spiro atoms. The molecule has 138 valence electrons. The highest BCUT2D eigenvalue weighted by atomic mass is 16.5. The Hall–Kier alpha value is -2.76. The topological polar surface area (TPSA) is 80.7 Å². The number of nitrogens with zero attached hydrogens (tertiary/aromatic N) is 1. The van der Waals surface area contributed by atoms with E-state index in [1.54, 1.807) is 0 Å². The Morgan fingerprint density at radius 2 is 2.15 bits per heavy atom. The third-order valence-electron chi connectivity index (χ3n) is 4.41. The summed E-state index contributed by atoms with van der Waals surface area (Å²) in [6, 6.07) is 7.85. The third kappa shape index (κ3) is 4.25. The Morgan fingerprint density at radius 3 is 2.92 bits per heavy atom. The van der Waals surface area contributed by atoms with Gasteiger partial charge < -0.3 is 19.9 Å². The minimum absolute atomic E-state index is 0.105. The smallest absolute Gasteiger partial charge is 0.404 e. The number of aromatic nitrogens is 1. The van der Waals surface area contributed by atoms with E-state index in [1.807, 2.05) is 45.2 Å². The van der Waals surface area contributed by atoms with Gasteiger partial charge in [-0.2, -0.15) is 0 Å². The van der Waals surface area contributed by atoms with Crippen LogP contribution in [0.3, 0.4) is 0 Å². The van der Waals surface area contributed by atoms with Crippen molar-refractivity contribution < 1.29 is 19.4 Å². The minimum Gasteiger partial charge on any atom is -0.493 e. The maximum atomic E-state index is 10.7. The highest BCUT2D eigenvalue weighted by Crippen LogP contribution is 2.39. The largest absolute Gasteiger partial charge is 0.493 e. The molecule has 26 heavy (non-hydrogen) atoms. The molecule has 2 unspecified atom stereocenters. The number of rotatable bonds is 6. The van der Waals surface area contributed by atoms with Crippen LogP contribution in [0.25, 0.3) is 11.1 Å². The number of fused-ring (bicyclic) bond motifs is 3. The molecular weight excluding hydrogens is 332 g/mol. The predicted octanol–water partition coefficient (Wildman–Crippen LogP) is 4.01. The van der Waals surface area contributed by atoms with Gasteiger partial charge in [0, 0.05) is 35.1 Å². The van der Waals surface area contributed by atoms with E-state index in [4.69, 9.17) is 14.6 Å². The predicted molar refractivity (Wildman–Crippen MR) is 98.6 cm³/mol. The van der Waals surface area contributed by atoms with Gasteiger partial charge >= 0.3 is 6.09 Å². The molecule has 2 N–H and O–H groups in total. The molecule has 0 fully saturated rings. The van der Waals surface area contributed by atoms with Crippen LogP contribution in [-0.4, -0.2) is 28.8 Å². The Labute approximate surface area is 153 Å². The Balaban J connectivity index is 1.64. The van der Waals surface area contributed by atoms with Crippen molar-refractivity contribution in [3.63, 3.8) is 0 Å². The second-order valence-electron chi connectivity index (χ2n) is 6.93. The summed E-state index contributed by atoms with van der Waals surface area (Å²) in [7, 11) is 0. The molecule has 6 heteroatoms. The van der Waals surface area contributed by atoms with Gasteiger partial charge in [0.15, 0.2) is 0 Å². The second kappa shape index (κ2) is 7.64. The first-order chi connectivity index (χ1) is 12.4. The number of aryl methyl sites for hydroxylation is 1. The fraction of sp³-hybridized carbons (Fsp3) is 0.400. The van der Waals surface area contributed by atoms with Crippen LogP contribution in [0.5, 0.6) is 11.5 Å². The molecule has 0 saturated heterocycles. The molecule has 0 saturated carbocycles.